The first-order valence-corrected chi connectivity index (χ1v) is 25.2. The highest BCUT2D eigenvalue weighted by molar-refractivity contribution is 5.69. The highest BCUT2D eigenvalue weighted by atomic mass is 16.5. The van der Waals surface area contributed by atoms with Gasteiger partial charge in [-0.1, -0.05) is 117 Å². The number of ether oxygens (including phenoxy) is 3. The zero-order valence-electron chi connectivity index (χ0n) is 39.9. The summed E-state index contributed by atoms with van der Waals surface area (Å²) in [6.45, 7) is 20.9. The fourth-order valence-corrected chi connectivity index (χ4v) is 12.5. The van der Waals surface area contributed by atoms with E-state index in [1.165, 1.54) is 77.0 Å². The summed E-state index contributed by atoms with van der Waals surface area (Å²) in [6.07, 6.45) is 25.1. The number of carbonyl (C=O) groups excluding carboxylic acids is 1. The fourth-order valence-electron chi connectivity index (χ4n) is 12.5. The maximum absolute atomic E-state index is 13.0. The number of carbonyl (C=O) groups is 1. The molecular formula is C57H84O4. The zero-order valence-corrected chi connectivity index (χ0v) is 39.9. The molecule has 0 N–H and O–H groups in total. The molecule has 336 valence electrons. The Kier molecular flexibility index (Phi) is 17.4. The van der Waals surface area contributed by atoms with Crippen LogP contribution in [0.4, 0.5) is 0 Å². The highest BCUT2D eigenvalue weighted by Gasteiger charge is 2.59. The van der Waals surface area contributed by atoms with Gasteiger partial charge < -0.3 is 14.2 Å². The van der Waals surface area contributed by atoms with Gasteiger partial charge in [0.15, 0.2) is 0 Å². The van der Waals surface area contributed by atoms with Crippen LogP contribution in [0.15, 0.2) is 60.2 Å². The second-order valence-electron chi connectivity index (χ2n) is 21.7. The van der Waals surface area contributed by atoms with Crippen molar-refractivity contribution in [1.82, 2.24) is 0 Å². The van der Waals surface area contributed by atoms with Crippen molar-refractivity contribution in [3.05, 3.63) is 71.3 Å². The van der Waals surface area contributed by atoms with Crippen molar-refractivity contribution >= 4 is 5.97 Å². The van der Waals surface area contributed by atoms with E-state index in [0.717, 1.165) is 109 Å². The van der Waals surface area contributed by atoms with Crippen LogP contribution in [0.1, 0.15) is 189 Å². The Labute approximate surface area is 373 Å². The highest BCUT2D eigenvalue weighted by Crippen LogP contribution is 2.67. The summed E-state index contributed by atoms with van der Waals surface area (Å²) in [5.74, 6) is 14.9. The normalized spacial score (nSPS) is 27.8. The number of esters is 1. The van der Waals surface area contributed by atoms with Gasteiger partial charge in [-0.15, -0.1) is 0 Å². The molecule has 3 fully saturated rings. The Morgan fingerprint density at radius 1 is 0.672 bits per heavy atom. The Hall–Kier alpha value is -3.19. The molecule has 4 nitrogen and oxygen atoms in total. The number of rotatable bonds is 21. The lowest BCUT2D eigenvalue weighted by molar-refractivity contribution is -0.151. The zero-order chi connectivity index (χ0) is 43.4. The summed E-state index contributed by atoms with van der Waals surface area (Å²) in [5, 5.41) is 0. The van der Waals surface area contributed by atoms with Crippen molar-refractivity contribution in [2.45, 2.75) is 183 Å². The van der Waals surface area contributed by atoms with Crippen LogP contribution in [0.5, 0.6) is 11.5 Å². The fraction of sp³-hybridized carbons (Fsp3) is 0.702. The largest absolute Gasteiger partial charge is 0.494 e. The van der Waals surface area contributed by atoms with Crippen LogP contribution in [0.2, 0.25) is 0 Å². The van der Waals surface area contributed by atoms with Crippen LogP contribution >= 0.6 is 0 Å². The molecule has 3 saturated carbocycles. The second-order valence-corrected chi connectivity index (χ2v) is 21.7. The molecule has 2 aromatic rings. The predicted molar refractivity (Wildman–Crippen MR) is 254 cm³/mol. The number of benzene rings is 2. The van der Waals surface area contributed by atoms with Crippen LogP contribution in [0.3, 0.4) is 0 Å². The molecule has 4 aliphatic rings. The van der Waals surface area contributed by atoms with Crippen molar-refractivity contribution in [2.24, 2.45) is 58.2 Å². The minimum absolute atomic E-state index is 0.0226. The van der Waals surface area contributed by atoms with E-state index in [0.29, 0.717) is 24.4 Å². The van der Waals surface area contributed by atoms with E-state index in [9.17, 15) is 4.79 Å². The van der Waals surface area contributed by atoms with Crippen LogP contribution in [0, 0.1) is 70.0 Å². The van der Waals surface area contributed by atoms with Gasteiger partial charge in [-0.05, 0) is 177 Å². The van der Waals surface area contributed by atoms with Gasteiger partial charge in [0, 0.05) is 24.0 Å². The van der Waals surface area contributed by atoms with Crippen LogP contribution in [0.25, 0.3) is 0 Å². The third-order valence-electron chi connectivity index (χ3n) is 16.3. The molecule has 0 bridgehead atoms. The van der Waals surface area contributed by atoms with Crippen LogP contribution < -0.4 is 9.47 Å². The molecule has 61 heavy (non-hydrogen) atoms. The number of hydrogen-bond acceptors (Lipinski definition) is 4. The molecule has 4 aliphatic carbocycles. The molecule has 0 radical (unpaired) electrons. The first-order chi connectivity index (χ1) is 29.3. The van der Waals surface area contributed by atoms with E-state index < -0.39 is 0 Å². The molecule has 2 aromatic carbocycles. The summed E-state index contributed by atoms with van der Waals surface area (Å²) in [4.78, 5) is 13.0. The Balaban J connectivity index is 0.846. The molecule has 6 rings (SSSR count). The summed E-state index contributed by atoms with van der Waals surface area (Å²) < 4.78 is 18.2. The van der Waals surface area contributed by atoms with Gasteiger partial charge in [0.25, 0.3) is 0 Å². The summed E-state index contributed by atoms with van der Waals surface area (Å²) in [7, 11) is 0. The molecule has 0 heterocycles. The molecular weight excluding hydrogens is 749 g/mol. The monoisotopic (exact) mass is 833 g/mol. The van der Waals surface area contributed by atoms with Gasteiger partial charge in [-0.25, -0.2) is 0 Å². The van der Waals surface area contributed by atoms with Gasteiger partial charge in [0.1, 0.15) is 17.6 Å². The molecule has 0 saturated heterocycles. The second kappa shape index (κ2) is 22.4. The summed E-state index contributed by atoms with van der Waals surface area (Å²) >= 11 is 0. The van der Waals surface area contributed by atoms with E-state index in [1.807, 2.05) is 48.5 Å². The quantitative estimate of drug-likeness (QED) is 0.0544. The average Bonchev–Trinajstić information content (AvgIpc) is 3.59. The van der Waals surface area contributed by atoms with Crippen LogP contribution in [-0.4, -0.2) is 25.3 Å². The SMILES string of the molecule is CC(C)CCC[C@H](C)CCOc1ccc(C#Cc2ccc(OCCCCCC(=O)OC3CC[C@@]4(C)C(=CC[C@H]5[C@@H]6CC[C@H]([C@H](C)CCCC(C)C)[C@@]6(C)CC[C@@H]54)C3)cc2)cc1. The lowest BCUT2D eigenvalue weighted by atomic mass is 9.47. The van der Waals surface area contributed by atoms with Crippen molar-refractivity contribution in [2.75, 3.05) is 13.2 Å². The third-order valence-corrected chi connectivity index (χ3v) is 16.3. The molecule has 0 amide bonds. The Morgan fingerprint density at radius 3 is 1.97 bits per heavy atom. The molecule has 0 aliphatic heterocycles. The summed E-state index contributed by atoms with van der Waals surface area (Å²) in [6, 6.07) is 16.1. The first-order valence-electron chi connectivity index (χ1n) is 25.2. The first kappa shape index (κ1) is 47.3. The van der Waals surface area contributed by atoms with Gasteiger partial charge >= 0.3 is 5.97 Å². The molecule has 0 spiro atoms. The van der Waals surface area contributed by atoms with Crippen molar-refractivity contribution in [3.8, 4) is 23.3 Å². The minimum atomic E-state index is -0.0226. The molecule has 0 aromatic heterocycles. The van der Waals surface area contributed by atoms with E-state index in [2.05, 4.69) is 73.3 Å². The molecule has 1 unspecified atom stereocenters. The van der Waals surface area contributed by atoms with Gasteiger partial charge in [0.05, 0.1) is 13.2 Å². The number of allylic oxidation sites excluding steroid dienone is 1. The standard InChI is InChI=1S/C57H84O4/c1-41(2)14-12-16-43(5)35-39-60-49-28-23-46(24-29-49)20-19-45-21-26-48(27-22-45)59-38-11-9-10-18-55(58)61-50-33-36-56(7)47(40-50)25-30-51-53-32-31-52(44(6)17-13-15-42(3)4)57(53,8)37-34-54(51)56/h21-29,41-44,50-54H,9-18,30-40H2,1-8H3/t43-,44+,50?,51-,52+,53-,54-,56-,57+/m0/s1. The number of hydrogen-bond donors (Lipinski definition) is 0. The van der Waals surface area contributed by atoms with E-state index >= 15 is 0 Å². The Morgan fingerprint density at radius 2 is 1.31 bits per heavy atom. The average molecular weight is 833 g/mol. The maximum atomic E-state index is 13.0. The van der Waals surface area contributed by atoms with Crippen molar-refractivity contribution in [3.63, 3.8) is 0 Å². The third kappa shape index (κ3) is 12.9. The van der Waals surface area contributed by atoms with E-state index in [4.69, 9.17) is 14.2 Å². The predicted octanol–water partition coefficient (Wildman–Crippen LogP) is 15.2. The van der Waals surface area contributed by atoms with Gasteiger partial charge in [-0.3, -0.25) is 4.79 Å². The minimum Gasteiger partial charge on any atom is -0.494 e. The van der Waals surface area contributed by atoms with Crippen molar-refractivity contribution in [1.29, 1.82) is 0 Å². The van der Waals surface area contributed by atoms with Gasteiger partial charge in [0.2, 0.25) is 0 Å². The van der Waals surface area contributed by atoms with Crippen molar-refractivity contribution < 1.29 is 19.0 Å². The lowest BCUT2D eigenvalue weighted by Crippen LogP contribution is -2.51. The van der Waals surface area contributed by atoms with E-state index in [-0.39, 0.29) is 17.5 Å². The smallest absolute Gasteiger partial charge is 0.306 e. The summed E-state index contributed by atoms with van der Waals surface area (Å²) in [5.41, 5.74) is 4.35. The molecule has 4 heteroatoms. The topological polar surface area (TPSA) is 44.8 Å². The number of unbranched alkanes of at least 4 members (excludes halogenated alkanes) is 2. The lowest BCUT2D eigenvalue weighted by Gasteiger charge is -2.58. The van der Waals surface area contributed by atoms with E-state index in [1.54, 1.807) is 5.57 Å². The van der Waals surface area contributed by atoms with Gasteiger partial charge in [-0.2, -0.15) is 0 Å². The van der Waals surface area contributed by atoms with Crippen LogP contribution in [-0.2, 0) is 9.53 Å². The maximum Gasteiger partial charge on any atom is 0.306 e. The molecule has 9 atom stereocenters. The Bertz CT molecular complexity index is 1740. The number of fused-ring (bicyclic) bond motifs is 5.